The molecule has 6 heteroatoms. The molecule has 0 atom stereocenters. The quantitative estimate of drug-likeness (QED) is 0.831. The zero-order chi connectivity index (χ0) is 17.0. The Kier molecular flexibility index (Phi) is 5.15. The van der Waals surface area contributed by atoms with Gasteiger partial charge in [0.2, 0.25) is 0 Å². The number of aliphatic hydroxyl groups excluding tert-OH is 1. The minimum atomic E-state index is -0.512. The average molecular weight is 320 g/mol. The second-order valence-electron chi connectivity index (χ2n) is 5.87. The molecular weight excluding hydrogens is 299 g/mol. The summed E-state index contributed by atoms with van der Waals surface area (Å²) in [5.74, 6) is -0.801. The van der Waals surface area contributed by atoms with Crippen molar-refractivity contribution in [2.45, 2.75) is 32.6 Å². The maximum Gasteiger partial charge on any atom is 0.341 e. The molecule has 5 nitrogen and oxygen atoms in total. The molecule has 0 unspecified atom stereocenters. The van der Waals surface area contributed by atoms with Crippen molar-refractivity contribution < 1.29 is 19.0 Å². The third-order valence-electron chi connectivity index (χ3n) is 3.71. The highest BCUT2D eigenvalue weighted by atomic mass is 19.1. The molecule has 0 fully saturated rings. The summed E-state index contributed by atoms with van der Waals surface area (Å²) in [6, 6.07) is 5.86. The van der Waals surface area contributed by atoms with Crippen molar-refractivity contribution >= 4 is 5.97 Å². The molecule has 1 aromatic carbocycles. The molecule has 1 aromatic heterocycles. The number of aromatic nitrogens is 2. The first kappa shape index (κ1) is 17.1. The molecule has 0 saturated heterocycles. The van der Waals surface area contributed by atoms with Crippen LogP contribution in [0.25, 0.3) is 5.69 Å². The third-order valence-corrected chi connectivity index (χ3v) is 3.71. The molecule has 0 radical (unpaired) electrons. The highest BCUT2D eigenvalue weighted by Crippen LogP contribution is 2.32. The van der Waals surface area contributed by atoms with Crippen LogP contribution in [0.4, 0.5) is 4.39 Å². The number of rotatable bonds is 6. The highest BCUT2D eigenvalue weighted by Gasteiger charge is 2.32. The minimum absolute atomic E-state index is 0.0239. The third kappa shape index (κ3) is 3.59. The van der Waals surface area contributed by atoms with Crippen molar-refractivity contribution in [3.8, 4) is 5.69 Å². The van der Waals surface area contributed by atoms with Crippen molar-refractivity contribution in [2.24, 2.45) is 0 Å². The monoisotopic (exact) mass is 320 g/mol. The summed E-state index contributed by atoms with van der Waals surface area (Å²) < 4.78 is 19.8. The van der Waals surface area contributed by atoms with E-state index in [2.05, 4.69) is 5.10 Å². The first-order valence-electron chi connectivity index (χ1n) is 7.53. The van der Waals surface area contributed by atoms with Crippen molar-refractivity contribution in [2.75, 3.05) is 13.2 Å². The predicted octanol–water partition coefficient (Wildman–Crippen LogP) is 2.85. The molecule has 0 saturated carbocycles. The molecule has 0 amide bonds. The van der Waals surface area contributed by atoms with Gasteiger partial charge in [0, 0.05) is 12.0 Å². The van der Waals surface area contributed by atoms with Crippen LogP contribution in [0.5, 0.6) is 0 Å². The molecule has 1 heterocycles. The lowest BCUT2D eigenvalue weighted by atomic mass is 9.83. The fraction of sp³-hybridized carbons (Fsp3) is 0.412. The zero-order valence-electron chi connectivity index (χ0n) is 13.5. The number of hydrogen-bond acceptors (Lipinski definition) is 4. The molecule has 124 valence electrons. The van der Waals surface area contributed by atoms with Crippen LogP contribution in [0.3, 0.4) is 0 Å². The van der Waals surface area contributed by atoms with Gasteiger partial charge >= 0.3 is 5.97 Å². The number of benzene rings is 1. The molecule has 0 aliphatic heterocycles. The Hall–Kier alpha value is -2.21. The summed E-state index contributed by atoms with van der Waals surface area (Å²) in [7, 11) is 0. The molecular formula is C17H21FN2O3. The van der Waals surface area contributed by atoms with Crippen LogP contribution in [0, 0.1) is 5.82 Å². The van der Waals surface area contributed by atoms with E-state index in [1.807, 2.05) is 13.8 Å². The number of nitrogens with zero attached hydrogens (tertiary/aromatic N) is 2. The van der Waals surface area contributed by atoms with Gasteiger partial charge in [-0.2, -0.15) is 5.10 Å². The number of carbonyl (C=O) groups excluding carboxylic acids is 1. The van der Waals surface area contributed by atoms with Crippen LogP contribution in [0.15, 0.2) is 30.5 Å². The van der Waals surface area contributed by atoms with Gasteiger partial charge in [-0.3, -0.25) is 0 Å². The van der Waals surface area contributed by atoms with Gasteiger partial charge in [-0.25, -0.2) is 13.9 Å². The molecule has 0 aliphatic carbocycles. The van der Waals surface area contributed by atoms with E-state index in [1.165, 1.54) is 18.3 Å². The Balaban J connectivity index is 2.59. The number of hydrogen-bond donors (Lipinski definition) is 1. The Morgan fingerprint density at radius 3 is 2.57 bits per heavy atom. The van der Waals surface area contributed by atoms with E-state index in [-0.39, 0.29) is 19.0 Å². The number of esters is 1. The number of halogens is 1. The lowest BCUT2D eigenvalue weighted by molar-refractivity contribution is 0.0522. The van der Waals surface area contributed by atoms with E-state index in [0.717, 1.165) is 0 Å². The molecule has 0 spiro atoms. The Morgan fingerprint density at radius 2 is 2.00 bits per heavy atom. The lowest BCUT2D eigenvalue weighted by Gasteiger charge is -2.26. The second-order valence-corrected chi connectivity index (χ2v) is 5.87. The summed E-state index contributed by atoms with van der Waals surface area (Å²) in [6.07, 6.45) is 1.90. The summed E-state index contributed by atoms with van der Waals surface area (Å²) >= 11 is 0. The number of ether oxygens (including phenoxy) is 1. The normalized spacial score (nSPS) is 11.5. The van der Waals surface area contributed by atoms with Crippen molar-refractivity contribution in [1.82, 2.24) is 9.78 Å². The van der Waals surface area contributed by atoms with Crippen LogP contribution in [0.2, 0.25) is 0 Å². The van der Waals surface area contributed by atoms with E-state index >= 15 is 0 Å². The highest BCUT2D eigenvalue weighted by molar-refractivity contribution is 5.91. The first-order chi connectivity index (χ1) is 10.9. The Labute approximate surface area is 134 Å². The fourth-order valence-electron chi connectivity index (χ4n) is 2.53. The van der Waals surface area contributed by atoms with Gasteiger partial charge in [-0.15, -0.1) is 0 Å². The van der Waals surface area contributed by atoms with Crippen molar-refractivity contribution in [3.63, 3.8) is 0 Å². The maximum absolute atomic E-state index is 13.2. The van der Waals surface area contributed by atoms with Gasteiger partial charge in [0.25, 0.3) is 0 Å². The van der Waals surface area contributed by atoms with Crippen LogP contribution < -0.4 is 0 Å². The number of carbonyl (C=O) groups is 1. The van der Waals surface area contributed by atoms with Gasteiger partial charge < -0.3 is 9.84 Å². The summed E-state index contributed by atoms with van der Waals surface area (Å²) in [4.78, 5) is 12.2. The Bertz CT molecular complexity index is 678. The van der Waals surface area contributed by atoms with E-state index in [0.29, 0.717) is 23.4 Å². The maximum atomic E-state index is 13.2. The van der Waals surface area contributed by atoms with Crippen LogP contribution >= 0.6 is 0 Å². The Morgan fingerprint density at radius 1 is 1.35 bits per heavy atom. The molecule has 23 heavy (non-hydrogen) atoms. The molecule has 2 aromatic rings. The van der Waals surface area contributed by atoms with Crippen LogP contribution in [-0.4, -0.2) is 34.1 Å². The molecule has 1 N–H and O–H groups in total. The van der Waals surface area contributed by atoms with Gasteiger partial charge in [-0.1, -0.05) is 13.8 Å². The standard InChI is InChI=1S/C17H21FN2O3/c1-4-23-16(22)14-11-19-20(13-7-5-12(18)6-8-13)15(14)17(2,3)9-10-21/h5-8,11,21H,4,9-10H2,1-3H3. The predicted molar refractivity (Wildman–Crippen MR) is 84.2 cm³/mol. The average Bonchev–Trinajstić information content (AvgIpc) is 2.94. The van der Waals surface area contributed by atoms with E-state index < -0.39 is 11.4 Å². The van der Waals surface area contributed by atoms with Crippen LogP contribution in [0.1, 0.15) is 43.2 Å². The minimum Gasteiger partial charge on any atom is -0.462 e. The first-order valence-corrected chi connectivity index (χ1v) is 7.53. The summed E-state index contributed by atoms with van der Waals surface area (Å²) in [5, 5.41) is 13.6. The zero-order valence-corrected chi connectivity index (χ0v) is 13.5. The SMILES string of the molecule is CCOC(=O)c1cnn(-c2ccc(F)cc2)c1C(C)(C)CCO. The van der Waals surface area contributed by atoms with Gasteiger partial charge in [0.1, 0.15) is 11.4 Å². The van der Waals surface area contributed by atoms with Gasteiger partial charge in [0.05, 0.1) is 24.2 Å². The fourth-order valence-corrected chi connectivity index (χ4v) is 2.53. The van der Waals surface area contributed by atoms with E-state index in [4.69, 9.17) is 4.74 Å². The number of aliphatic hydroxyl groups is 1. The summed E-state index contributed by atoms with van der Waals surface area (Å²) in [6.45, 7) is 5.82. The largest absolute Gasteiger partial charge is 0.462 e. The van der Waals surface area contributed by atoms with E-state index in [9.17, 15) is 14.3 Å². The summed E-state index contributed by atoms with van der Waals surface area (Å²) in [5.41, 5.74) is 1.12. The second kappa shape index (κ2) is 6.91. The lowest BCUT2D eigenvalue weighted by Crippen LogP contribution is -2.26. The topological polar surface area (TPSA) is 64.3 Å². The molecule has 0 aliphatic rings. The van der Waals surface area contributed by atoms with Gasteiger partial charge in [0.15, 0.2) is 0 Å². The van der Waals surface area contributed by atoms with Gasteiger partial charge in [-0.05, 0) is 37.6 Å². The van der Waals surface area contributed by atoms with E-state index in [1.54, 1.807) is 23.7 Å². The smallest absolute Gasteiger partial charge is 0.341 e. The molecule has 2 rings (SSSR count). The van der Waals surface area contributed by atoms with Crippen molar-refractivity contribution in [3.05, 3.63) is 47.5 Å². The van der Waals surface area contributed by atoms with Crippen LogP contribution in [-0.2, 0) is 10.2 Å². The van der Waals surface area contributed by atoms with Crippen molar-refractivity contribution in [1.29, 1.82) is 0 Å². The molecule has 0 bridgehead atoms.